The molecule has 0 saturated heterocycles. The quantitative estimate of drug-likeness (QED) is 0.633. The van der Waals surface area contributed by atoms with Crippen molar-refractivity contribution in [2.75, 3.05) is 0 Å². The van der Waals surface area contributed by atoms with Gasteiger partial charge in [0.05, 0.1) is 4.92 Å². The number of nitro benzene ring substituents is 1. The number of nitrogens with zero attached hydrogens (tertiary/aromatic N) is 1. The van der Waals surface area contributed by atoms with Gasteiger partial charge in [0, 0.05) is 11.6 Å². The van der Waals surface area contributed by atoms with Gasteiger partial charge in [-0.15, -0.1) is 0 Å². The van der Waals surface area contributed by atoms with Crippen LogP contribution in [0.5, 0.6) is 5.75 Å². The average molecular weight is 238 g/mol. The lowest BCUT2D eigenvalue weighted by molar-refractivity contribution is -0.385. The molecular formula is C11H14N2O4. The number of hydrogen-bond acceptors (Lipinski definition) is 4. The molecule has 1 amide bonds. The third-order valence-corrected chi connectivity index (χ3v) is 1.74. The van der Waals surface area contributed by atoms with Crippen LogP contribution in [-0.2, 0) is 0 Å². The van der Waals surface area contributed by atoms with Crippen LogP contribution in [-0.4, -0.2) is 16.6 Å². The average Bonchev–Trinajstić information content (AvgIpc) is 2.14. The van der Waals surface area contributed by atoms with E-state index in [1.807, 2.05) is 0 Å². The largest absolute Gasteiger partial charge is 0.413 e. The van der Waals surface area contributed by atoms with Crippen molar-refractivity contribution in [1.29, 1.82) is 0 Å². The number of para-hydroxylation sites is 2. The van der Waals surface area contributed by atoms with Crippen LogP contribution in [0.3, 0.4) is 0 Å². The Balaban J connectivity index is 2.82. The first-order valence-corrected chi connectivity index (χ1v) is 5.03. The van der Waals surface area contributed by atoms with Gasteiger partial charge in [-0.25, -0.2) is 4.79 Å². The molecule has 0 fully saturated rings. The molecule has 0 aromatic heterocycles. The zero-order valence-corrected chi connectivity index (χ0v) is 9.89. The topological polar surface area (TPSA) is 81.5 Å². The number of carbonyl (C=O) groups is 1. The Hall–Kier alpha value is -2.11. The highest BCUT2D eigenvalue weighted by molar-refractivity contribution is 5.72. The first kappa shape index (κ1) is 13.0. The third-order valence-electron chi connectivity index (χ3n) is 1.74. The van der Waals surface area contributed by atoms with Crippen LogP contribution >= 0.6 is 0 Å². The van der Waals surface area contributed by atoms with Crippen molar-refractivity contribution in [1.82, 2.24) is 5.32 Å². The Morgan fingerprint density at radius 3 is 2.47 bits per heavy atom. The fraction of sp³-hybridized carbons (Fsp3) is 0.364. The van der Waals surface area contributed by atoms with Crippen LogP contribution in [0.4, 0.5) is 10.5 Å². The predicted molar refractivity (Wildman–Crippen MR) is 62.0 cm³/mol. The molecule has 0 aliphatic rings. The summed E-state index contributed by atoms with van der Waals surface area (Å²) in [5.41, 5.74) is -0.697. The third kappa shape index (κ3) is 4.10. The van der Waals surface area contributed by atoms with Gasteiger partial charge in [0.15, 0.2) is 0 Å². The van der Waals surface area contributed by atoms with Crippen molar-refractivity contribution in [3.63, 3.8) is 0 Å². The second kappa shape index (κ2) is 4.82. The summed E-state index contributed by atoms with van der Waals surface area (Å²) >= 11 is 0. The first-order valence-electron chi connectivity index (χ1n) is 5.03. The SMILES string of the molecule is CC(C)(C)NC(=O)Oc1ccccc1[N+](=O)[O-]. The van der Waals surface area contributed by atoms with Gasteiger partial charge in [-0.1, -0.05) is 12.1 Å². The minimum Gasteiger partial charge on any atom is -0.403 e. The Labute approximate surface area is 98.7 Å². The highest BCUT2D eigenvalue weighted by Crippen LogP contribution is 2.25. The molecule has 17 heavy (non-hydrogen) atoms. The number of ether oxygens (including phenoxy) is 1. The summed E-state index contributed by atoms with van der Waals surface area (Å²) in [4.78, 5) is 21.5. The van der Waals surface area contributed by atoms with E-state index in [0.717, 1.165) is 0 Å². The monoisotopic (exact) mass is 238 g/mol. The predicted octanol–water partition coefficient (Wildman–Crippen LogP) is 2.48. The molecule has 0 heterocycles. The Morgan fingerprint density at radius 2 is 1.94 bits per heavy atom. The van der Waals surface area contributed by atoms with E-state index in [2.05, 4.69) is 5.32 Å². The maximum absolute atomic E-state index is 11.4. The van der Waals surface area contributed by atoms with Crippen LogP contribution < -0.4 is 10.1 Å². The molecule has 0 saturated carbocycles. The molecule has 0 aliphatic heterocycles. The standard InChI is InChI=1S/C11H14N2O4/c1-11(2,3)12-10(14)17-9-7-5-4-6-8(9)13(15)16/h4-7H,1-3H3,(H,12,14). The smallest absolute Gasteiger partial charge is 0.403 e. The second-order valence-electron chi connectivity index (χ2n) is 4.49. The molecule has 1 rings (SSSR count). The zero-order valence-electron chi connectivity index (χ0n) is 9.89. The Morgan fingerprint density at radius 1 is 1.35 bits per heavy atom. The lowest BCUT2D eigenvalue weighted by Crippen LogP contribution is -2.42. The minimum atomic E-state index is -0.716. The Kier molecular flexibility index (Phi) is 3.67. The molecule has 1 aromatic carbocycles. The number of nitro groups is 1. The lowest BCUT2D eigenvalue weighted by atomic mass is 10.1. The number of hydrogen-bond donors (Lipinski definition) is 1. The summed E-state index contributed by atoms with van der Waals surface area (Å²) in [6.45, 7) is 5.36. The fourth-order valence-electron chi connectivity index (χ4n) is 1.13. The highest BCUT2D eigenvalue weighted by Gasteiger charge is 2.20. The van der Waals surface area contributed by atoms with Crippen molar-refractivity contribution in [3.05, 3.63) is 34.4 Å². The fourth-order valence-corrected chi connectivity index (χ4v) is 1.13. The summed E-state index contributed by atoms with van der Waals surface area (Å²) in [6.07, 6.45) is -0.716. The van der Waals surface area contributed by atoms with Crippen LogP contribution in [0.1, 0.15) is 20.8 Å². The van der Waals surface area contributed by atoms with E-state index in [1.165, 1.54) is 18.2 Å². The van der Waals surface area contributed by atoms with E-state index in [0.29, 0.717) is 0 Å². The maximum Gasteiger partial charge on any atom is 0.413 e. The van der Waals surface area contributed by atoms with Crippen molar-refractivity contribution >= 4 is 11.8 Å². The van der Waals surface area contributed by atoms with Gasteiger partial charge in [-0.05, 0) is 26.8 Å². The van der Waals surface area contributed by atoms with Gasteiger partial charge >= 0.3 is 11.8 Å². The summed E-state index contributed by atoms with van der Waals surface area (Å²) in [6, 6.07) is 5.72. The molecule has 0 atom stereocenters. The maximum atomic E-state index is 11.4. The van der Waals surface area contributed by atoms with Gasteiger partial charge in [0.2, 0.25) is 5.75 Å². The summed E-state index contributed by atoms with van der Waals surface area (Å²) in [5.74, 6) is -0.0701. The number of amides is 1. The van der Waals surface area contributed by atoms with Gasteiger partial charge in [-0.3, -0.25) is 10.1 Å². The number of nitrogens with one attached hydrogen (secondary N) is 1. The van der Waals surface area contributed by atoms with E-state index >= 15 is 0 Å². The summed E-state index contributed by atoms with van der Waals surface area (Å²) in [5, 5.41) is 13.2. The van der Waals surface area contributed by atoms with E-state index < -0.39 is 16.6 Å². The summed E-state index contributed by atoms with van der Waals surface area (Å²) < 4.78 is 4.89. The molecule has 0 radical (unpaired) electrons. The molecule has 0 bridgehead atoms. The van der Waals surface area contributed by atoms with E-state index in [9.17, 15) is 14.9 Å². The van der Waals surface area contributed by atoms with Crippen LogP contribution in [0, 0.1) is 10.1 Å². The minimum absolute atomic E-state index is 0.0701. The summed E-state index contributed by atoms with van der Waals surface area (Å²) in [7, 11) is 0. The van der Waals surface area contributed by atoms with Gasteiger partial charge < -0.3 is 10.1 Å². The Bertz CT molecular complexity index is 437. The van der Waals surface area contributed by atoms with Crippen molar-refractivity contribution in [3.8, 4) is 5.75 Å². The molecular weight excluding hydrogens is 224 g/mol. The molecule has 0 spiro atoms. The van der Waals surface area contributed by atoms with Gasteiger partial charge in [0.25, 0.3) is 0 Å². The van der Waals surface area contributed by atoms with E-state index in [-0.39, 0.29) is 11.4 Å². The zero-order chi connectivity index (χ0) is 13.1. The molecule has 1 N–H and O–H groups in total. The molecule has 6 nitrogen and oxygen atoms in total. The van der Waals surface area contributed by atoms with Crippen molar-refractivity contribution in [2.24, 2.45) is 0 Å². The van der Waals surface area contributed by atoms with E-state index in [4.69, 9.17) is 4.74 Å². The van der Waals surface area contributed by atoms with Gasteiger partial charge in [0.1, 0.15) is 0 Å². The molecule has 0 aliphatic carbocycles. The molecule has 6 heteroatoms. The molecule has 1 aromatic rings. The first-order chi connectivity index (χ1) is 7.79. The number of rotatable bonds is 2. The van der Waals surface area contributed by atoms with Crippen LogP contribution in [0.15, 0.2) is 24.3 Å². The van der Waals surface area contributed by atoms with Crippen molar-refractivity contribution < 1.29 is 14.5 Å². The molecule has 92 valence electrons. The van der Waals surface area contributed by atoms with Crippen molar-refractivity contribution in [2.45, 2.75) is 26.3 Å². The molecule has 0 unspecified atom stereocenters. The second-order valence-corrected chi connectivity index (χ2v) is 4.49. The van der Waals surface area contributed by atoms with Gasteiger partial charge in [-0.2, -0.15) is 0 Å². The van der Waals surface area contributed by atoms with Crippen LogP contribution in [0.2, 0.25) is 0 Å². The normalized spacial score (nSPS) is 10.8. The van der Waals surface area contributed by atoms with E-state index in [1.54, 1.807) is 26.8 Å². The lowest BCUT2D eigenvalue weighted by Gasteiger charge is -2.19. The number of benzene rings is 1. The highest BCUT2D eigenvalue weighted by atomic mass is 16.6. The van der Waals surface area contributed by atoms with Crippen LogP contribution in [0.25, 0.3) is 0 Å². The number of carbonyl (C=O) groups excluding carboxylic acids is 1.